The molecule has 4 heterocycles. The normalized spacial score (nSPS) is 20.9. The monoisotopic (exact) mass is 545 g/mol. The maximum absolute atomic E-state index is 12.3. The van der Waals surface area contributed by atoms with Gasteiger partial charge in [-0.25, -0.2) is 4.79 Å². The standard InChI is InChI=1S/C21H35N7O2.HI/c1-21(2,3)30-20(29)26-12-13-27-16(15-26)14-23-19(27)22-10-7-9-18-25-24-17-8-5-4-6-11-28(17)18;/h16H,4-15H2,1-3H3,(H,22,23);1H. The second-order valence-electron chi connectivity index (χ2n) is 9.46. The van der Waals surface area contributed by atoms with Crippen LogP contribution in [0.25, 0.3) is 0 Å². The fourth-order valence-electron chi connectivity index (χ4n) is 4.40. The van der Waals surface area contributed by atoms with E-state index < -0.39 is 5.60 Å². The number of fused-ring (bicyclic) bond motifs is 2. The molecule has 3 aliphatic heterocycles. The Bertz CT molecular complexity index is 789. The molecule has 0 aliphatic carbocycles. The topological polar surface area (TPSA) is 87.9 Å². The number of nitrogens with zero attached hydrogens (tertiary/aromatic N) is 6. The Hall–Kier alpha value is -1.59. The molecule has 0 radical (unpaired) electrons. The minimum absolute atomic E-state index is 0. The number of aromatic nitrogens is 3. The van der Waals surface area contributed by atoms with Gasteiger partial charge in [0, 0.05) is 45.6 Å². The van der Waals surface area contributed by atoms with E-state index >= 15 is 0 Å². The van der Waals surface area contributed by atoms with Crippen LogP contribution in [-0.2, 0) is 24.1 Å². The van der Waals surface area contributed by atoms with E-state index in [1.54, 1.807) is 0 Å². The third kappa shape index (κ3) is 6.01. The first kappa shape index (κ1) is 24.1. The highest BCUT2D eigenvalue weighted by Crippen LogP contribution is 2.19. The van der Waals surface area contributed by atoms with E-state index in [-0.39, 0.29) is 36.1 Å². The minimum atomic E-state index is -0.462. The van der Waals surface area contributed by atoms with Crippen LogP contribution in [0.15, 0.2) is 4.99 Å². The van der Waals surface area contributed by atoms with Crippen LogP contribution in [0.4, 0.5) is 4.79 Å². The number of piperazine rings is 1. The number of aliphatic imine (C=N–C) groups is 1. The number of halogens is 1. The molecule has 4 rings (SSSR count). The number of carbonyl (C=O) groups is 1. The van der Waals surface area contributed by atoms with E-state index in [0.717, 1.165) is 63.0 Å². The third-order valence-electron chi connectivity index (χ3n) is 5.90. The van der Waals surface area contributed by atoms with Crippen molar-refractivity contribution in [1.29, 1.82) is 0 Å². The lowest BCUT2D eigenvalue weighted by Crippen LogP contribution is -2.57. The Morgan fingerprint density at radius 3 is 2.81 bits per heavy atom. The number of carbonyl (C=O) groups excluding carboxylic acids is 1. The lowest BCUT2D eigenvalue weighted by atomic mass is 10.2. The molecule has 0 saturated carbocycles. The molecular weight excluding hydrogens is 509 g/mol. The predicted octanol–water partition coefficient (Wildman–Crippen LogP) is 2.44. The summed E-state index contributed by atoms with van der Waals surface area (Å²) in [6.07, 6.45) is 6.50. The Balaban J connectivity index is 0.00000272. The molecule has 1 aromatic rings. The second kappa shape index (κ2) is 10.4. The van der Waals surface area contributed by atoms with Crippen LogP contribution in [0.3, 0.4) is 0 Å². The lowest BCUT2D eigenvalue weighted by molar-refractivity contribution is 0.0137. The van der Waals surface area contributed by atoms with Crippen molar-refractivity contribution in [3.05, 3.63) is 11.6 Å². The average molecular weight is 545 g/mol. The molecular formula is C21H36IN7O2. The first-order valence-corrected chi connectivity index (χ1v) is 11.3. The van der Waals surface area contributed by atoms with Gasteiger partial charge in [-0.15, -0.1) is 34.2 Å². The van der Waals surface area contributed by atoms with Crippen molar-refractivity contribution in [1.82, 2.24) is 29.9 Å². The van der Waals surface area contributed by atoms with Gasteiger partial charge < -0.3 is 24.4 Å². The molecule has 10 heteroatoms. The lowest BCUT2D eigenvalue weighted by Gasteiger charge is -2.39. The number of hydrogen-bond donors (Lipinski definition) is 1. The molecule has 1 unspecified atom stereocenters. The maximum atomic E-state index is 12.3. The summed E-state index contributed by atoms with van der Waals surface area (Å²) in [5.74, 6) is 3.23. The SMILES string of the molecule is CC(C)(C)OC(=O)N1CCN2C(NCCCc3nnc4n3CCCCC4)=NCC2C1.I. The van der Waals surface area contributed by atoms with Crippen molar-refractivity contribution in [3.8, 4) is 0 Å². The van der Waals surface area contributed by atoms with Crippen molar-refractivity contribution in [3.63, 3.8) is 0 Å². The molecule has 0 aromatic carbocycles. The van der Waals surface area contributed by atoms with Crippen LogP contribution in [0, 0.1) is 0 Å². The number of guanidine groups is 1. The van der Waals surface area contributed by atoms with Gasteiger partial charge in [-0.2, -0.15) is 0 Å². The van der Waals surface area contributed by atoms with Crippen molar-refractivity contribution >= 4 is 36.0 Å². The molecule has 1 atom stereocenters. The van der Waals surface area contributed by atoms with Gasteiger partial charge in [0.05, 0.1) is 12.6 Å². The fourth-order valence-corrected chi connectivity index (χ4v) is 4.40. The third-order valence-corrected chi connectivity index (χ3v) is 5.90. The van der Waals surface area contributed by atoms with Gasteiger partial charge in [0.1, 0.15) is 17.2 Å². The van der Waals surface area contributed by atoms with Crippen molar-refractivity contribution in [2.75, 3.05) is 32.7 Å². The van der Waals surface area contributed by atoms with E-state index in [1.165, 1.54) is 19.3 Å². The highest BCUT2D eigenvalue weighted by Gasteiger charge is 2.36. The highest BCUT2D eigenvalue weighted by atomic mass is 127. The smallest absolute Gasteiger partial charge is 0.410 e. The van der Waals surface area contributed by atoms with E-state index in [0.29, 0.717) is 13.1 Å². The fraction of sp³-hybridized carbons (Fsp3) is 0.810. The van der Waals surface area contributed by atoms with Crippen LogP contribution in [0.2, 0.25) is 0 Å². The van der Waals surface area contributed by atoms with E-state index in [4.69, 9.17) is 4.74 Å². The molecule has 1 saturated heterocycles. The number of amides is 1. The summed E-state index contributed by atoms with van der Waals surface area (Å²) in [6.45, 7) is 10.5. The summed E-state index contributed by atoms with van der Waals surface area (Å²) < 4.78 is 7.84. The zero-order valence-corrected chi connectivity index (χ0v) is 21.3. The van der Waals surface area contributed by atoms with Crippen molar-refractivity contribution in [2.45, 2.75) is 77.5 Å². The van der Waals surface area contributed by atoms with E-state index in [2.05, 4.69) is 30.0 Å². The zero-order valence-electron chi connectivity index (χ0n) is 19.0. The molecule has 174 valence electrons. The average Bonchev–Trinajstić information content (AvgIpc) is 3.19. The molecule has 0 spiro atoms. The zero-order chi connectivity index (χ0) is 21.1. The van der Waals surface area contributed by atoms with Gasteiger partial charge in [0.25, 0.3) is 0 Å². The molecule has 1 aromatic heterocycles. The van der Waals surface area contributed by atoms with Crippen LogP contribution in [0.1, 0.15) is 58.1 Å². The molecule has 1 fully saturated rings. The number of nitrogens with one attached hydrogen (secondary N) is 1. The van der Waals surface area contributed by atoms with Gasteiger partial charge in [0.2, 0.25) is 0 Å². The quantitative estimate of drug-likeness (QED) is 0.462. The second-order valence-corrected chi connectivity index (χ2v) is 9.46. The Kier molecular flexibility index (Phi) is 8.03. The first-order valence-electron chi connectivity index (χ1n) is 11.3. The molecule has 0 bridgehead atoms. The van der Waals surface area contributed by atoms with Crippen molar-refractivity contribution < 1.29 is 9.53 Å². The first-order chi connectivity index (χ1) is 14.4. The summed E-state index contributed by atoms with van der Waals surface area (Å²) >= 11 is 0. The Morgan fingerprint density at radius 1 is 1.16 bits per heavy atom. The number of hydrogen-bond acceptors (Lipinski definition) is 7. The maximum Gasteiger partial charge on any atom is 0.410 e. The number of rotatable bonds is 4. The summed E-state index contributed by atoms with van der Waals surface area (Å²) in [7, 11) is 0. The summed E-state index contributed by atoms with van der Waals surface area (Å²) in [4.78, 5) is 21.1. The number of aryl methyl sites for hydroxylation is 2. The minimum Gasteiger partial charge on any atom is -0.444 e. The van der Waals surface area contributed by atoms with Crippen LogP contribution < -0.4 is 5.32 Å². The molecule has 9 nitrogen and oxygen atoms in total. The Morgan fingerprint density at radius 2 is 2.00 bits per heavy atom. The molecule has 1 amide bonds. The largest absolute Gasteiger partial charge is 0.444 e. The van der Waals surface area contributed by atoms with E-state index in [1.807, 2.05) is 25.7 Å². The van der Waals surface area contributed by atoms with Gasteiger partial charge in [-0.3, -0.25) is 4.99 Å². The summed E-state index contributed by atoms with van der Waals surface area (Å²) in [5.41, 5.74) is -0.462. The van der Waals surface area contributed by atoms with E-state index in [9.17, 15) is 4.79 Å². The molecule has 3 aliphatic rings. The van der Waals surface area contributed by atoms with Crippen LogP contribution >= 0.6 is 24.0 Å². The predicted molar refractivity (Wildman–Crippen MR) is 130 cm³/mol. The van der Waals surface area contributed by atoms with Gasteiger partial charge in [-0.1, -0.05) is 6.42 Å². The van der Waals surface area contributed by atoms with Crippen molar-refractivity contribution in [2.24, 2.45) is 4.99 Å². The summed E-state index contributed by atoms with van der Waals surface area (Å²) in [5, 5.41) is 12.3. The van der Waals surface area contributed by atoms with Crippen LogP contribution in [0.5, 0.6) is 0 Å². The Labute approximate surface area is 202 Å². The summed E-state index contributed by atoms with van der Waals surface area (Å²) in [6, 6.07) is 0.237. The molecule has 1 N–H and O–H groups in total. The molecule has 31 heavy (non-hydrogen) atoms. The highest BCUT2D eigenvalue weighted by molar-refractivity contribution is 14.0. The van der Waals surface area contributed by atoms with Gasteiger partial charge >= 0.3 is 6.09 Å². The van der Waals surface area contributed by atoms with Gasteiger partial charge in [-0.05, 0) is 40.0 Å². The van der Waals surface area contributed by atoms with Crippen LogP contribution in [-0.4, -0.2) is 81.0 Å². The van der Waals surface area contributed by atoms with Gasteiger partial charge in [0.15, 0.2) is 5.96 Å². The number of ether oxygens (including phenoxy) is 1.